The van der Waals surface area contributed by atoms with Crippen LogP contribution in [-0.4, -0.2) is 37.2 Å². The molecule has 1 aromatic carbocycles. The second kappa shape index (κ2) is 5.40. The molecule has 1 fully saturated rings. The Morgan fingerprint density at radius 2 is 2.15 bits per heavy atom. The first-order valence-electron chi connectivity index (χ1n) is 6.76. The van der Waals surface area contributed by atoms with Crippen LogP contribution in [-0.2, 0) is 6.54 Å². The van der Waals surface area contributed by atoms with Gasteiger partial charge in [0.05, 0.1) is 11.6 Å². The van der Waals surface area contributed by atoms with Crippen LogP contribution in [0.15, 0.2) is 17.1 Å². The van der Waals surface area contributed by atoms with Crippen LogP contribution in [0.2, 0.25) is 5.02 Å². The number of aliphatic imine (C=N–C) groups is 1. The Kier molecular flexibility index (Phi) is 3.61. The van der Waals surface area contributed by atoms with E-state index in [1.54, 1.807) is 0 Å². The van der Waals surface area contributed by atoms with Gasteiger partial charge in [-0.1, -0.05) is 11.6 Å². The van der Waals surface area contributed by atoms with Gasteiger partial charge in [-0.25, -0.2) is 4.99 Å². The molecule has 5 nitrogen and oxygen atoms in total. The van der Waals surface area contributed by atoms with Crippen molar-refractivity contribution in [1.29, 1.82) is 0 Å². The number of halogens is 1. The fraction of sp³-hybridized carbons (Fsp3) is 0.500. The van der Waals surface area contributed by atoms with Crippen molar-refractivity contribution in [1.82, 2.24) is 4.90 Å². The Balaban J connectivity index is 1.74. The van der Waals surface area contributed by atoms with Gasteiger partial charge in [0.25, 0.3) is 0 Å². The molecule has 3 rings (SSSR count). The molecule has 0 spiro atoms. The third-order valence-corrected chi connectivity index (χ3v) is 3.82. The van der Waals surface area contributed by atoms with E-state index in [0.717, 1.165) is 5.56 Å². The average molecular weight is 296 g/mol. The molecule has 0 atom stereocenters. The van der Waals surface area contributed by atoms with Gasteiger partial charge in [0.2, 0.25) is 0 Å². The van der Waals surface area contributed by atoms with Crippen LogP contribution >= 0.6 is 11.6 Å². The summed E-state index contributed by atoms with van der Waals surface area (Å²) in [6, 6.07) is 4.32. The van der Waals surface area contributed by atoms with E-state index in [-0.39, 0.29) is 0 Å². The van der Waals surface area contributed by atoms with E-state index in [2.05, 4.69) is 4.99 Å². The molecular formula is C14H18ClN3O2. The minimum Gasteiger partial charge on any atom is -0.486 e. The van der Waals surface area contributed by atoms with E-state index >= 15 is 0 Å². The third kappa shape index (κ3) is 2.77. The lowest BCUT2D eigenvalue weighted by Gasteiger charge is -2.20. The smallest absolute Gasteiger partial charge is 0.191 e. The Morgan fingerprint density at radius 3 is 2.90 bits per heavy atom. The van der Waals surface area contributed by atoms with E-state index in [1.807, 2.05) is 24.1 Å². The van der Waals surface area contributed by atoms with Crippen LogP contribution in [0.5, 0.6) is 11.5 Å². The van der Waals surface area contributed by atoms with Gasteiger partial charge < -0.3 is 20.1 Å². The Bertz CT molecular complexity index is 543. The van der Waals surface area contributed by atoms with Gasteiger partial charge in [0, 0.05) is 13.1 Å². The molecule has 108 valence electrons. The molecule has 1 heterocycles. The van der Waals surface area contributed by atoms with Crippen molar-refractivity contribution in [3.8, 4) is 11.5 Å². The van der Waals surface area contributed by atoms with Crippen LogP contribution in [0.3, 0.4) is 0 Å². The van der Waals surface area contributed by atoms with Gasteiger partial charge >= 0.3 is 0 Å². The number of nitrogens with zero attached hydrogens (tertiary/aromatic N) is 2. The minimum absolute atomic E-state index is 0.485. The van der Waals surface area contributed by atoms with Crippen LogP contribution in [0.1, 0.15) is 18.4 Å². The molecule has 20 heavy (non-hydrogen) atoms. The lowest BCUT2D eigenvalue weighted by Crippen LogP contribution is -2.35. The Labute approximate surface area is 123 Å². The van der Waals surface area contributed by atoms with E-state index in [1.165, 1.54) is 12.8 Å². The first-order chi connectivity index (χ1) is 9.65. The summed E-state index contributed by atoms with van der Waals surface area (Å²) in [4.78, 5) is 6.44. The van der Waals surface area contributed by atoms with Crippen LogP contribution in [0.25, 0.3) is 0 Å². The molecule has 0 radical (unpaired) electrons. The number of nitrogens with two attached hydrogens (primary N) is 1. The van der Waals surface area contributed by atoms with Crippen molar-refractivity contribution >= 4 is 17.6 Å². The van der Waals surface area contributed by atoms with Crippen LogP contribution in [0, 0.1) is 0 Å². The van der Waals surface area contributed by atoms with Crippen molar-refractivity contribution in [3.63, 3.8) is 0 Å². The molecule has 0 amide bonds. The maximum atomic E-state index is 6.19. The summed E-state index contributed by atoms with van der Waals surface area (Å²) in [7, 11) is 1.98. The molecular weight excluding hydrogens is 278 g/mol. The monoisotopic (exact) mass is 295 g/mol. The van der Waals surface area contributed by atoms with Gasteiger partial charge in [-0.3, -0.25) is 0 Å². The number of fused-ring (bicyclic) bond motifs is 1. The third-order valence-electron chi connectivity index (χ3n) is 3.54. The second-order valence-electron chi connectivity index (χ2n) is 5.12. The first-order valence-corrected chi connectivity index (χ1v) is 7.13. The molecule has 0 unspecified atom stereocenters. The first kappa shape index (κ1) is 13.4. The Hall–Kier alpha value is -1.62. The largest absolute Gasteiger partial charge is 0.486 e. The summed E-state index contributed by atoms with van der Waals surface area (Å²) in [5.41, 5.74) is 6.93. The van der Waals surface area contributed by atoms with E-state index in [0.29, 0.717) is 48.3 Å². The summed E-state index contributed by atoms with van der Waals surface area (Å²) >= 11 is 6.19. The van der Waals surface area contributed by atoms with Crippen LogP contribution in [0.4, 0.5) is 0 Å². The lowest BCUT2D eigenvalue weighted by atomic mass is 10.2. The van der Waals surface area contributed by atoms with Gasteiger partial charge in [0.15, 0.2) is 17.5 Å². The minimum atomic E-state index is 0.485. The second-order valence-corrected chi connectivity index (χ2v) is 5.53. The summed E-state index contributed by atoms with van der Waals surface area (Å²) in [6.45, 7) is 1.56. The van der Waals surface area contributed by atoms with Crippen molar-refractivity contribution in [2.45, 2.75) is 25.4 Å². The molecule has 0 bridgehead atoms. The quantitative estimate of drug-likeness (QED) is 0.684. The molecule has 1 saturated carbocycles. The van der Waals surface area contributed by atoms with Crippen molar-refractivity contribution in [3.05, 3.63) is 22.7 Å². The van der Waals surface area contributed by atoms with Gasteiger partial charge in [-0.2, -0.15) is 0 Å². The van der Waals surface area contributed by atoms with Crippen molar-refractivity contribution in [2.75, 3.05) is 20.3 Å². The maximum absolute atomic E-state index is 6.19. The fourth-order valence-electron chi connectivity index (χ4n) is 2.19. The number of ether oxygens (including phenoxy) is 2. The SMILES string of the molecule is CN(C(N)=NCc1cc(Cl)c2c(c1)OCCO2)C1CC1. The number of rotatable bonds is 3. The average Bonchev–Trinajstić information content (AvgIpc) is 3.28. The highest BCUT2D eigenvalue weighted by Crippen LogP contribution is 2.38. The maximum Gasteiger partial charge on any atom is 0.191 e. The van der Waals surface area contributed by atoms with Gasteiger partial charge in [-0.15, -0.1) is 0 Å². The molecule has 2 N–H and O–H groups in total. The number of hydrogen-bond donors (Lipinski definition) is 1. The standard InChI is InChI=1S/C14H18ClN3O2/c1-18(10-2-3-10)14(16)17-8-9-6-11(15)13-12(7-9)19-4-5-20-13/h6-7,10H,2-5,8H2,1H3,(H2,16,17). The van der Waals surface area contributed by atoms with Gasteiger partial charge in [-0.05, 0) is 30.5 Å². The molecule has 6 heteroatoms. The number of hydrogen-bond acceptors (Lipinski definition) is 3. The topological polar surface area (TPSA) is 60.1 Å². The molecule has 1 aliphatic carbocycles. The predicted octanol–water partition coefficient (Wildman–Crippen LogP) is 2.02. The van der Waals surface area contributed by atoms with E-state index < -0.39 is 0 Å². The lowest BCUT2D eigenvalue weighted by molar-refractivity contribution is 0.171. The van der Waals surface area contributed by atoms with Crippen molar-refractivity contribution in [2.24, 2.45) is 10.7 Å². The normalized spacial score (nSPS) is 18.0. The fourth-order valence-corrected chi connectivity index (χ4v) is 2.48. The molecule has 0 aromatic heterocycles. The molecule has 2 aliphatic rings. The molecule has 0 saturated heterocycles. The zero-order chi connectivity index (χ0) is 14.1. The molecule has 1 aromatic rings. The molecule has 1 aliphatic heterocycles. The zero-order valence-electron chi connectivity index (χ0n) is 11.4. The van der Waals surface area contributed by atoms with Gasteiger partial charge in [0.1, 0.15) is 13.2 Å². The highest BCUT2D eigenvalue weighted by molar-refractivity contribution is 6.32. The Morgan fingerprint density at radius 1 is 1.40 bits per heavy atom. The predicted molar refractivity (Wildman–Crippen MR) is 78.6 cm³/mol. The summed E-state index contributed by atoms with van der Waals surface area (Å²) < 4.78 is 11.0. The highest BCUT2D eigenvalue weighted by atomic mass is 35.5. The summed E-state index contributed by atoms with van der Waals surface area (Å²) in [6.07, 6.45) is 2.39. The summed E-state index contributed by atoms with van der Waals surface area (Å²) in [5.74, 6) is 1.87. The highest BCUT2D eigenvalue weighted by Gasteiger charge is 2.27. The van der Waals surface area contributed by atoms with E-state index in [4.69, 9.17) is 26.8 Å². The number of benzene rings is 1. The van der Waals surface area contributed by atoms with Crippen molar-refractivity contribution < 1.29 is 9.47 Å². The van der Waals surface area contributed by atoms with E-state index in [9.17, 15) is 0 Å². The van der Waals surface area contributed by atoms with Crippen LogP contribution < -0.4 is 15.2 Å². The summed E-state index contributed by atoms with van der Waals surface area (Å²) in [5, 5.41) is 0.557. The zero-order valence-corrected chi connectivity index (χ0v) is 12.2. The number of guanidine groups is 1.